The molecule has 3 aliphatic rings. The molecule has 9 nitrogen and oxygen atoms in total. The fraction of sp³-hybridized carbons (Fsp3) is 0.481. The van der Waals surface area contributed by atoms with E-state index < -0.39 is 24.0 Å². The molecule has 1 aliphatic heterocycles. The third-order valence-electron chi connectivity index (χ3n) is 7.70. The number of nitrogens with zero attached hydrogens (tertiary/aromatic N) is 3. The van der Waals surface area contributed by atoms with Crippen LogP contribution in [-0.4, -0.2) is 39.5 Å². The van der Waals surface area contributed by atoms with E-state index >= 15 is 0 Å². The summed E-state index contributed by atoms with van der Waals surface area (Å²) in [4.78, 5) is 26.3. The quantitative estimate of drug-likeness (QED) is 0.376. The van der Waals surface area contributed by atoms with E-state index in [4.69, 9.17) is 14.4 Å². The van der Waals surface area contributed by atoms with Crippen molar-refractivity contribution >= 4 is 17.6 Å². The molecule has 206 valence electrons. The molecule has 12 heteroatoms. The van der Waals surface area contributed by atoms with Gasteiger partial charge in [0.2, 0.25) is 5.76 Å². The Kier molecular flexibility index (Phi) is 6.35. The number of hydrogen-bond donors (Lipinski definition) is 2. The van der Waals surface area contributed by atoms with Crippen LogP contribution in [0.15, 0.2) is 35.0 Å². The molecule has 3 aromatic rings. The second-order valence-electron chi connectivity index (χ2n) is 10.6. The number of rotatable bonds is 9. The molecule has 1 spiro atoms. The number of carbonyl (C=O) groups excluding carboxylic acids is 2. The van der Waals surface area contributed by atoms with E-state index in [1.54, 1.807) is 10.7 Å². The van der Waals surface area contributed by atoms with E-state index in [1.165, 1.54) is 25.1 Å². The third kappa shape index (κ3) is 5.24. The largest absolute Gasteiger partial charge is 0.494 e. The zero-order chi connectivity index (χ0) is 27.2. The van der Waals surface area contributed by atoms with Gasteiger partial charge in [-0.1, -0.05) is 24.1 Å². The Balaban J connectivity index is 1.23. The molecule has 6 rings (SSSR count). The number of amides is 2. The van der Waals surface area contributed by atoms with Gasteiger partial charge in [-0.25, -0.2) is 4.68 Å². The summed E-state index contributed by atoms with van der Waals surface area (Å²) in [6.07, 6.45) is 1.23. The molecule has 2 amide bonds. The number of benzene rings is 1. The van der Waals surface area contributed by atoms with Crippen molar-refractivity contribution < 1.29 is 32.0 Å². The van der Waals surface area contributed by atoms with Crippen molar-refractivity contribution in [2.45, 2.75) is 69.6 Å². The standard InChI is InChI=1S/C27H28F3N5O4/c28-27(29,30)9-1-13-38-18-4-5-19-17(14-18)6-10-26(19)15-20-22(25(37)33-26)23(32-24(36)21-7-11-31-39-21)35(34-20)12-8-16-2-3-16/h4-5,7,11,14,16H,1-3,6,8-10,12-13,15H2,(H,32,36)(H,33,37)/t26-/m0/s1. The number of anilines is 1. The highest BCUT2D eigenvalue weighted by atomic mass is 19.4. The smallest absolute Gasteiger partial charge is 0.389 e. The lowest BCUT2D eigenvalue weighted by atomic mass is 9.82. The number of alkyl halides is 3. The van der Waals surface area contributed by atoms with E-state index in [-0.39, 0.29) is 24.7 Å². The highest BCUT2D eigenvalue weighted by Gasteiger charge is 2.46. The molecule has 1 aromatic carbocycles. The van der Waals surface area contributed by atoms with E-state index in [1.807, 2.05) is 12.1 Å². The zero-order valence-electron chi connectivity index (χ0n) is 21.1. The first-order valence-corrected chi connectivity index (χ1v) is 13.2. The van der Waals surface area contributed by atoms with Crippen LogP contribution in [0.5, 0.6) is 5.75 Å². The molecule has 0 radical (unpaired) electrons. The van der Waals surface area contributed by atoms with Gasteiger partial charge in [-0.15, -0.1) is 0 Å². The Bertz CT molecular complexity index is 1400. The van der Waals surface area contributed by atoms with Crippen molar-refractivity contribution in [3.63, 3.8) is 0 Å². The molecule has 39 heavy (non-hydrogen) atoms. The van der Waals surface area contributed by atoms with Crippen LogP contribution in [0.2, 0.25) is 0 Å². The maximum absolute atomic E-state index is 13.6. The van der Waals surface area contributed by atoms with Gasteiger partial charge in [0, 0.05) is 25.5 Å². The van der Waals surface area contributed by atoms with Crippen molar-refractivity contribution in [1.82, 2.24) is 20.3 Å². The number of carbonyl (C=O) groups is 2. The van der Waals surface area contributed by atoms with E-state index in [0.29, 0.717) is 54.5 Å². The Morgan fingerprint density at radius 2 is 2.13 bits per heavy atom. The van der Waals surface area contributed by atoms with E-state index in [2.05, 4.69) is 15.8 Å². The van der Waals surface area contributed by atoms with Gasteiger partial charge in [0.1, 0.15) is 17.1 Å². The molecule has 3 heterocycles. The monoisotopic (exact) mass is 543 g/mol. The molecule has 2 aliphatic carbocycles. The summed E-state index contributed by atoms with van der Waals surface area (Å²) in [6, 6.07) is 6.91. The van der Waals surface area contributed by atoms with E-state index in [0.717, 1.165) is 17.5 Å². The van der Waals surface area contributed by atoms with Crippen LogP contribution in [0, 0.1) is 5.92 Å². The number of aryl methyl sites for hydroxylation is 2. The summed E-state index contributed by atoms with van der Waals surface area (Å²) < 4.78 is 49.5. The van der Waals surface area contributed by atoms with Gasteiger partial charge in [-0.3, -0.25) is 9.59 Å². The molecule has 0 saturated heterocycles. The van der Waals surface area contributed by atoms with Crippen molar-refractivity contribution in [3.05, 3.63) is 58.6 Å². The maximum Gasteiger partial charge on any atom is 0.389 e. The minimum Gasteiger partial charge on any atom is -0.494 e. The van der Waals surface area contributed by atoms with E-state index in [9.17, 15) is 22.8 Å². The second-order valence-corrected chi connectivity index (χ2v) is 10.6. The third-order valence-corrected chi connectivity index (χ3v) is 7.70. The van der Waals surface area contributed by atoms with Crippen LogP contribution < -0.4 is 15.4 Å². The number of halogens is 3. The van der Waals surface area contributed by atoms with Gasteiger partial charge in [0.25, 0.3) is 11.8 Å². The average molecular weight is 544 g/mol. The average Bonchev–Trinajstić information content (AvgIpc) is 3.27. The topological polar surface area (TPSA) is 111 Å². The summed E-state index contributed by atoms with van der Waals surface area (Å²) in [6.45, 7) is 0.556. The molecule has 2 aromatic heterocycles. The number of hydrogen-bond acceptors (Lipinski definition) is 6. The minimum atomic E-state index is -4.20. The molecule has 0 unspecified atom stereocenters. The summed E-state index contributed by atoms with van der Waals surface area (Å²) >= 11 is 0. The molecular formula is C27H28F3N5O4. The molecule has 1 atom stereocenters. The van der Waals surface area contributed by atoms with Crippen LogP contribution in [0.1, 0.15) is 76.3 Å². The van der Waals surface area contributed by atoms with Gasteiger partial charge in [0.15, 0.2) is 0 Å². The Morgan fingerprint density at radius 1 is 1.28 bits per heavy atom. The minimum absolute atomic E-state index is 0.0234. The number of aromatic nitrogens is 3. The van der Waals surface area contributed by atoms with Crippen molar-refractivity contribution in [2.75, 3.05) is 11.9 Å². The van der Waals surface area contributed by atoms with Crippen LogP contribution in [-0.2, 0) is 24.9 Å². The second kappa shape index (κ2) is 9.73. The first-order chi connectivity index (χ1) is 18.7. The van der Waals surface area contributed by atoms with Gasteiger partial charge >= 0.3 is 6.18 Å². The lowest BCUT2D eigenvalue weighted by molar-refractivity contribution is -0.136. The molecule has 2 N–H and O–H groups in total. The predicted octanol–water partition coefficient (Wildman–Crippen LogP) is 4.77. The molecule has 0 bridgehead atoms. The highest BCUT2D eigenvalue weighted by Crippen LogP contribution is 2.44. The zero-order valence-corrected chi connectivity index (χ0v) is 21.1. The van der Waals surface area contributed by atoms with Gasteiger partial charge < -0.3 is 19.9 Å². The fourth-order valence-electron chi connectivity index (χ4n) is 5.58. The Labute approximate surface area is 222 Å². The summed E-state index contributed by atoms with van der Waals surface area (Å²) in [5.74, 6) is 0.702. The SMILES string of the molecule is O=C(Nc1c2c(nn1CCC1CC1)C[C@]1(CCc3cc(OCCCC(F)(F)F)ccc31)NC2=O)c1ccno1. The normalized spacial score (nSPS) is 20.0. The van der Waals surface area contributed by atoms with Crippen molar-refractivity contribution in [2.24, 2.45) is 5.92 Å². The number of ether oxygens (including phenoxy) is 1. The molecular weight excluding hydrogens is 515 g/mol. The molecule has 1 fully saturated rings. The van der Waals surface area contributed by atoms with Gasteiger partial charge in [-0.2, -0.15) is 18.3 Å². The first-order valence-electron chi connectivity index (χ1n) is 13.2. The Morgan fingerprint density at radius 3 is 2.87 bits per heavy atom. The Hall–Kier alpha value is -3.83. The highest BCUT2D eigenvalue weighted by molar-refractivity contribution is 6.08. The van der Waals surface area contributed by atoms with Crippen LogP contribution in [0.3, 0.4) is 0 Å². The lowest BCUT2D eigenvalue weighted by Gasteiger charge is -2.35. The fourth-order valence-corrected chi connectivity index (χ4v) is 5.58. The molecule has 1 saturated carbocycles. The predicted molar refractivity (Wildman–Crippen MR) is 132 cm³/mol. The van der Waals surface area contributed by atoms with Gasteiger partial charge in [0.05, 0.1) is 24.0 Å². The van der Waals surface area contributed by atoms with Crippen molar-refractivity contribution in [1.29, 1.82) is 0 Å². The summed E-state index contributed by atoms with van der Waals surface area (Å²) in [5, 5.41) is 14.4. The first kappa shape index (κ1) is 25.4. The van der Waals surface area contributed by atoms with Crippen LogP contribution >= 0.6 is 0 Å². The lowest BCUT2D eigenvalue weighted by Crippen LogP contribution is -2.49. The number of nitrogens with one attached hydrogen (secondary N) is 2. The van der Waals surface area contributed by atoms with Crippen molar-refractivity contribution in [3.8, 4) is 5.75 Å². The van der Waals surface area contributed by atoms with Gasteiger partial charge in [-0.05, 0) is 54.9 Å². The van der Waals surface area contributed by atoms with Crippen LogP contribution in [0.25, 0.3) is 0 Å². The number of fused-ring (bicyclic) bond motifs is 3. The summed E-state index contributed by atoms with van der Waals surface area (Å²) in [5.41, 5.74) is 2.24. The maximum atomic E-state index is 13.6. The summed E-state index contributed by atoms with van der Waals surface area (Å²) in [7, 11) is 0. The van der Waals surface area contributed by atoms with Crippen LogP contribution in [0.4, 0.5) is 19.0 Å².